The molecule has 0 bridgehead atoms. The molecular formula is C29H54ClN. The van der Waals surface area contributed by atoms with Crippen LogP contribution in [0.1, 0.15) is 129 Å². The van der Waals surface area contributed by atoms with Crippen molar-refractivity contribution in [2.45, 2.75) is 129 Å². The maximum Gasteiger partial charge on any atom is 0.0770 e. The quantitative estimate of drug-likeness (QED) is 0.242. The number of halogens is 1. The average Bonchev–Trinajstić information content (AvgIpc) is 2.78. The minimum atomic E-state index is 0. The molecule has 0 fully saturated rings. The minimum absolute atomic E-state index is 0. The highest BCUT2D eigenvalue weighted by Crippen LogP contribution is 2.14. The van der Waals surface area contributed by atoms with Crippen molar-refractivity contribution < 1.29 is 17.3 Å². The van der Waals surface area contributed by atoms with Crippen molar-refractivity contribution in [1.82, 2.24) is 0 Å². The summed E-state index contributed by atoms with van der Waals surface area (Å²) in [5.41, 5.74) is 1.50. The summed E-state index contributed by atoms with van der Waals surface area (Å²) in [6.07, 6.45) is 26.0. The number of nitrogens with one attached hydrogen (secondary N) is 1. The number of aryl methyl sites for hydroxylation is 1. The van der Waals surface area contributed by atoms with Gasteiger partial charge in [-0.2, -0.15) is 0 Å². The minimum Gasteiger partial charge on any atom is -1.00 e. The van der Waals surface area contributed by atoms with Gasteiger partial charge in [0.2, 0.25) is 0 Å². The molecule has 0 aliphatic rings. The SMILES string of the molecule is CC[NH+](CC)CCCCCCCCCCCCCCCCCCCc1ccccc1.[Cl-]. The van der Waals surface area contributed by atoms with Crippen LogP contribution >= 0.6 is 0 Å². The number of rotatable bonds is 22. The standard InChI is InChI=1S/C29H53N.ClH/c1-3-30(4-2)28-24-19-17-15-13-11-9-7-5-6-8-10-12-14-16-18-21-25-29-26-22-20-23-27-29;/h20,22-23,26-27H,3-19,21,24-25,28H2,1-2H3;1H. The Bertz CT molecular complexity index is 443. The lowest BCUT2D eigenvalue weighted by molar-refractivity contribution is -0.896. The molecule has 0 unspecified atom stereocenters. The van der Waals surface area contributed by atoms with Crippen LogP contribution in [-0.2, 0) is 6.42 Å². The fourth-order valence-corrected chi connectivity index (χ4v) is 4.60. The number of quaternary nitrogens is 1. The molecule has 0 saturated heterocycles. The zero-order valence-electron chi connectivity index (χ0n) is 21.1. The molecule has 0 aliphatic carbocycles. The summed E-state index contributed by atoms with van der Waals surface area (Å²) in [5.74, 6) is 0. The van der Waals surface area contributed by atoms with Crippen LogP contribution in [0.15, 0.2) is 30.3 Å². The van der Waals surface area contributed by atoms with Gasteiger partial charge in [-0.25, -0.2) is 0 Å². The third-order valence-corrected chi connectivity index (χ3v) is 6.84. The Hall–Kier alpha value is -0.530. The van der Waals surface area contributed by atoms with Crippen molar-refractivity contribution in [3.63, 3.8) is 0 Å². The Kier molecular flexibility index (Phi) is 23.7. The molecule has 1 rings (SSSR count). The van der Waals surface area contributed by atoms with E-state index in [1.807, 2.05) is 0 Å². The molecule has 0 heterocycles. The third-order valence-electron chi connectivity index (χ3n) is 6.84. The molecule has 0 spiro atoms. The molecule has 182 valence electrons. The van der Waals surface area contributed by atoms with Crippen molar-refractivity contribution in [1.29, 1.82) is 0 Å². The van der Waals surface area contributed by atoms with E-state index < -0.39 is 0 Å². The van der Waals surface area contributed by atoms with E-state index in [1.54, 1.807) is 4.90 Å². The Morgan fingerprint density at radius 2 is 0.839 bits per heavy atom. The molecule has 1 aromatic carbocycles. The Labute approximate surface area is 202 Å². The second kappa shape index (κ2) is 24.1. The normalized spacial score (nSPS) is 11.1. The van der Waals surface area contributed by atoms with Gasteiger partial charge in [-0.05, 0) is 45.1 Å². The first kappa shape index (κ1) is 30.5. The first-order valence-electron chi connectivity index (χ1n) is 13.7. The summed E-state index contributed by atoms with van der Waals surface area (Å²) in [5, 5.41) is 0. The number of hydrogen-bond donors (Lipinski definition) is 1. The van der Waals surface area contributed by atoms with Crippen molar-refractivity contribution in [2.75, 3.05) is 19.6 Å². The molecule has 2 heteroatoms. The molecule has 0 atom stereocenters. The molecular weight excluding hydrogens is 398 g/mol. The number of hydrogen-bond acceptors (Lipinski definition) is 0. The molecule has 0 aliphatic heterocycles. The van der Waals surface area contributed by atoms with E-state index in [-0.39, 0.29) is 12.4 Å². The number of benzene rings is 1. The number of unbranched alkanes of at least 4 members (excludes halogenated alkanes) is 16. The van der Waals surface area contributed by atoms with E-state index in [9.17, 15) is 0 Å². The van der Waals surface area contributed by atoms with E-state index in [0.717, 1.165) is 0 Å². The van der Waals surface area contributed by atoms with Crippen LogP contribution in [0.5, 0.6) is 0 Å². The Morgan fingerprint density at radius 1 is 0.484 bits per heavy atom. The Morgan fingerprint density at radius 3 is 1.23 bits per heavy atom. The predicted molar refractivity (Wildman–Crippen MR) is 136 cm³/mol. The summed E-state index contributed by atoms with van der Waals surface area (Å²) in [6.45, 7) is 8.61. The van der Waals surface area contributed by atoms with Gasteiger partial charge in [-0.15, -0.1) is 0 Å². The van der Waals surface area contributed by atoms with E-state index in [2.05, 4.69) is 44.2 Å². The smallest absolute Gasteiger partial charge is 0.0770 e. The van der Waals surface area contributed by atoms with Crippen LogP contribution in [0.25, 0.3) is 0 Å². The van der Waals surface area contributed by atoms with Crippen LogP contribution in [0.4, 0.5) is 0 Å². The second-order valence-corrected chi connectivity index (χ2v) is 9.45. The molecule has 1 nitrogen and oxygen atoms in total. The lowest BCUT2D eigenvalue weighted by Gasteiger charge is -2.14. The van der Waals surface area contributed by atoms with Gasteiger partial charge >= 0.3 is 0 Å². The lowest BCUT2D eigenvalue weighted by atomic mass is 10.0. The van der Waals surface area contributed by atoms with E-state index in [4.69, 9.17) is 0 Å². The summed E-state index contributed by atoms with van der Waals surface area (Å²) in [6, 6.07) is 11.0. The molecule has 0 aromatic heterocycles. The lowest BCUT2D eigenvalue weighted by Crippen LogP contribution is -3.11. The third kappa shape index (κ3) is 19.9. The van der Waals surface area contributed by atoms with Crippen molar-refractivity contribution in [3.8, 4) is 0 Å². The molecule has 0 saturated carbocycles. The van der Waals surface area contributed by atoms with E-state index in [0.29, 0.717) is 0 Å². The molecule has 0 radical (unpaired) electrons. The van der Waals surface area contributed by atoms with Gasteiger partial charge in [-0.3, -0.25) is 0 Å². The maximum absolute atomic E-state index is 2.31. The fraction of sp³-hybridized carbons (Fsp3) is 0.793. The van der Waals surface area contributed by atoms with Crippen molar-refractivity contribution in [2.24, 2.45) is 0 Å². The second-order valence-electron chi connectivity index (χ2n) is 9.45. The monoisotopic (exact) mass is 451 g/mol. The van der Waals surface area contributed by atoms with Crippen LogP contribution < -0.4 is 17.3 Å². The van der Waals surface area contributed by atoms with Crippen LogP contribution in [0, 0.1) is 0 Å². The zero-order chi connectivity index (χ0) is 21.5. The van der Waals surface area contributed by atoms with Gasteiger partial charge in [0.15, 0.2) is 0 Å². The maximum atomic E-state index is 2.31. The zero-order valence-corrected chi connectivity index (χ0v) is 21.9. The topological polar surface area (TPSA) is 4.44 Å². The van der Waals surface area contributed by atoms with Crippen molar-refractivity contribution >= 4 is 0 Å². The molecule has 0 amide bonds. The first-order valence-corrected chi connectivity index (χ1v) is 13.7. The molecule has 1 N–H and O–H groups in total. The Balaban J connectivity index is 0.00000900. The highest BCUT2D eigenvalue weighted by Gasteiger charge is 2.01. The van der Waals surface area contributed by atoms with Gasteiger partial charge in [-0.1, -0.05) is 120 Å². The largest absolute Gasteiger partial charge is 1.00 e. The van der Waals surface area contributed by atoms with Crippen molar-refractivity contribution in [3.05, 3.63) is 35.9 Å². The van der Waals surface area contributed by atoms with Crippen LogP contribution in [0.2, 0.25) is 0 Å². The van der Waals surface area contributed by atoms with Gasteiger partial charge in [0, 0.05) is 0 Å². The summed E-state index contributed by atoms with van der Waals surface area (Å²) >= 11 is 0. The van der Waals surface area contributed by atoms with Gasteiger partial charge in [0.1, 0.15) is 0 Å². The van der Waals surface area contributed by atoms with Crippen LogP contribution in [-0.4, -0.2) is 19.6 Å². The van der Waals surface area contributed by atoms with Gasteiger partial charge < -0.3 is 17.3 Å². The fourth-order valence-electron chi connectivity index (χ4n) is 4.60. The first-order chi connectivity index (χ1) is 14.9. The van der Waals surface area contributed by atoms with E-state index >= 15 is 0 Å². The van der Waals surface area contributed by atoms with Gasteiger partial charge in [0.25, 0.3) is 0 Å². The predicted octanol–water partition coefficient (Wildman–Crippen LogP) is 4.79. The summed E-state index contributed by atoms with van der Waals surface area (Å²) in [7, 11) is 0. The molecule has 31 heavy (non-hydrogen) atoms. The summed E-state index contributed by atoms with van der Waals surface area (Å²) < 4.78 is 0. The average molecular weight is 452 g/mol. The summed E-state index contributed by atoms with van der Waals surface area (Å²) in [4.78, 5) is 1.77. The van der Waals surface area contributed by atoms with Crippen LogP contribution in [0.3, 0.4) is 0 Å². The van der Waals surface area contributed by atoms with E-state index in [1.165, 1.54) is 141 Å². The highest BCUT2D eigenvalue weighted by molar-refractivity contribution is 5.14. The van der Waals surface area contributed by atoms with Gasteiger partial charge in [0.05, 0.1) is 19.6 Å². The molecule has 1 aromatic rings. The highest BCUT2D eigenvalue weighted by atomic mass is 35.5.